The third-order valence-electron chi connectivity index (χ3n) is 1.89. The van der Waals surface area contributed by atoms with Crippen molar-refractivity contribution in [3.05, 3.63) is 48.0 Å². The van der Waals surface area contributed by atoms with Crippen LogP contribution in [-0.2, 0) is 0 Å². The van der Waals surface area contributed by atoms with E-state index in [0.717, 1.165) is 0 Å². The summed E-state index contributed by atoms with van der Waals surface area (Å²) in [6.45, 7) is 1.69. The lowest BCUT2D eigenvalue weighted by Crippen LogP contribution is -1.91. The molecule has 0 spiro atoms. The van der Waals surface area contributed by atoms with Gasteiger partial charge in [0.15, 0.2) is 0 Å². The van der Waals surface area contributed by atoms with Crippen LogP contribution in [0, 0.1) is 12.7 Å². The van der Waals surface area contributed by atoms with Crippen molar-refractivity contribution in [2.24, 2.45) is 0 Å². The summed E-state index contributed by atoms with van der Waals surface area (Å²) in [7, 11) is 0. The first-order valence-corrected chi connectivity index (χ1v) is 4.47. The Bertz CT molecular complexity index is 459. The second kappa shape index (κ2) is 4.04. The second-order valence-electron chi connectivity index (χ2n) is 3.04. The molecule has 0 fully saturated rings. The highest BCUT2D eigenvalue weighted by Crippen LogP contribution is 2.19. The van der Waals surface area contributed by atoms with Crippen molar-refractivity contribution in [2.45, 2.75) is 6.92 Å². The van der Waals surface area contributed by atoms with Gasteiger partial charge in [0.1, 0.15) is 11.6 Å². The molecule has 0 bridgehead atoms. The van der Waals surface area contributed by atoms with E-state index in [9.17, 15) is 4.39 Å². The van der Waals surface area contributed by atoms with E-state index in [-0.39, 0.29) is 11.8 Å². The van der Waals surface area contributed by atoms with E-state index in [1.165, 1.54) is 6.07 Å². The van der Waals surface area contributed by atoms with E-state index in [1.54, 1.807) is 37.5 Å². The quantitative estimate of drug-likeness (QED) is 0.754. The molecule has 15 heavy (non-hydrogen) atoms. The summed E-state index contributed by atoms with van der Waals surface area (Å²) in [5.41, 5.74) is 0.580. The Morgan fingerprint density at radius 2 is 1.93 bits per heavy atom. The Kier molecular flexibility index (Phi) is 2.58. The molecule has 3 nitrogen and oxygen atoms in total. The zero-order chi connectivity index (χ0) is 10.7. The Morgan fingerprint density at radius 1 is 1.20 bits per heavy atom. The predicted molar refractivity (Wildman–Crippen MR) is 53.2 cm³/mol. The fourth-order valence-electron chi connectivity index (χ4n) is 1.08. The van der Waals surface area contributed by atoms with Crippen molar-refractivity contribution in [2.75, 3.05) is 0 Å². The summed E-state index contributed by atoms with van der Waals surface area (Å²) < 4.78 is 18.4. The van der Waals surface area contributed by atoms with E-state index in [4.69, 9.17) is 4.74 Å². The van der Waals surface area contributed by atoms with E-state index >= 15 is 0 Å². The Labute approximate surface area is 86.6 Å². The number of hydrogen-bond acceptors (Lipinski definition) is 3. The molecule has 0 saturated heterocycles. The van der Waals surface area contributed by atoms with Crippen molar-refractivity contribution < 1.29 is 9.13 Å². The maximum atomic E-state index is 13.2. The van der Waals surface area contributed by atoms with Gasteiger partial charge in [0.05, 0.1) is 0 Å². The van der Waals surface area contributed by atoms with E-state index in [2.05, 4.69) is 9.97 Å². The number of rotatable bonds is 2. The molecule has 2 rings (SSSR count). The topological polar surface area (TPSA) is 35.0 Å². The molecule has 0 N–H and O–H groups in total. The molecule has 1 heterocycles. The van der Waals surface area contributed by atoms with Gasteiger partial charge in [-0.05, 0) is 24.6 Å². The Hall–Kier alpha value is -1.97. The second-order valence-corrected chi connectivity index (χ2v) is 3.04. The number of halogens is 1. The molecule has 1 aromatic carbocycles. The van der Waals surface area contributed by atoms with Crippen LogP contribution in [-0.4, -0.2) is 9.97 Å². The van der Waals surface area contributed by atoms with Crippen molar-refractivity contribution in [1.82, 2.24) is 9.97 Å². The zero-order valence-electron chi connectivity index (χ0n) is 8.14. The van der Waals surface area contributed by atoms with Crippen LogP contribution in [0.5, 0.6) is 11.8 Å². The number of nitrogens with zero attached hydrogens (tertiary/aromatic N) is 2. The lowest BCUT2D eigenvalue weighted by atomic mass is 10.2. The monoisotopic (exact) mass is 204 g/mol. The van der Waals surface area contributed by atoms with Crippen LogP contribution in [0.25, 0.3) is 0 Å². The van der Waals surface area contributed by atoms with Gasteiger partial charge in [0.25, 0.3) is 0 Å². The van der Waals surface area contributed by atoms with Gasteiger partial charge in [-0.15, -0.1) is 0 Å². The number of aromatic nitrogens is 2. The first-order valence-electron chi connectivity index (χ1n) is 4.47. The van der Waals surface area contributed by atoms with Gasteiger partial charge in [0, 0.05) is 18.5 Å². The molecule has 0 atom stereocenters. The summed E-state index contributed by atoms with van der Waals surface area (Å²) in [6, 6.07) is 6.53. The summed E-state index contributed by atoms with van der Waals surface area (Å²) in [4.78, 5) is 7.74. The standard InChI is InChI=1S/C11H9FN2O/c1-8-3-4-9(7-10(8)12)15-11-13-5-2-6-14-11/h2-7H,1H3. The molecule has 0 saturated carbocycles. The van der Waals surface area contributed by atoms with Gasteiger partial charge >= 0.3 is 6.01 Å². The van der Waals surface area contributed by atoms with Gasteiger partial charge in [-0.25, -0.2) is 14.4 Å². The molecule has 76 valence electrons. The third kappa shape index (κ3) is 2.28. The van der Waals surface area contributed by atoms with Crippen molar-refractivity contribution in [3.63, 3.8) is 0 Å². The number of aryl methyl sites for hydroxylation is 1. The molecule has 0 radical (unpaired) electrons. The number of ether oxygens (including phenoxy) is 1. The van der Waals surface area contributed by atoms with E-state index < -0.39 is 0 Å². The average Bonchev–Trinajstić information content (AvgIpc) is 2.25. The molecule has 0 aliphatic rings. The maximum Gasteiger partial charge on any atom is 0.321 e. The minimum atomic E-state index is -0.302. The first kappa shape index (κ1) is 9.58. The minimum Gasteiger partial charge on any atom is -0.424 e. The highest BCUT2D eigenvalue weighted by molar-refractivity contribution is 5.29. The molecule has 0 aliphatic heterocycles. The summed E-state index contributed by atoms with van der Waals surface area (Å²) >= 11 is 0. The van der Waals surface area contributed by atoms with Gasteiger partial charge < -0.3 is 4.74 Å². The molecule has 4 heteroatoms. The molecular formula is C11H9FN2O. The number of hydrogen-bond donors (Lipinski definition) is 0. The SMILES string of the molecule is Cc1ccc(Oc2ncccn2)cc1F. The van der Waals surface area contributed by atoms with Gasteiger partial charge in [-0.2, -0.15) is 0 Å². The molecule has 1 aromatic heterocycles. The summed E-state index contributed by atoms with van der Waals surface area (Å²) in [5, 5.41) is 0. The van der Waals surface area contributed by atoms with Crippen LogP contribution < -0.4 is 4.74 Å². The van der Waals surface area contributed by atoms with Crippen LogP contribution in [0.15, 0.2) is 36.7 Å². The van der Waals surface area contributed by atoms with Gasteiger partial charge in [0.2, 0.25) is 0 Å². The molecule has 0 amide bonds. The maximum absolute atomic E-state index is 13.2. The van der Waals surface area contributed by atoms with Crippen LogP contribution in [0.4, 0.5) is 4.39 Å². The van der Waals surface area contributed by atoms with Crippen molar-refractivity contribution in [3.8, 4) is 11.8 Å². The van der Waals surface area contributed by atoms with Crippen molar-refractivity contribution in [1.29, 1.82) is 0 Å². The smallest absolute Gasteiger partial charge is 0.321 e. The summed E-state index contributed by atoms with van der Waals surface area (Å²) in [5.74, 6) is 0.0905. The highest BCUT2D eigenvalue weighted by Gasteiger charge is 2.02. The van der Waals surface area contributed by atoms with Crippen LogP contribution >= 0.6 is 0 Å². The van der Waals surface area contributed by atoms with Crippen LogP contribution in [0.3, 0.4) is 0 Å². The van der Waals surface area contributed by atoms with Crippen molar-refractivity contribution >= 4 is 0 Å². The fraction of sp³-hybridized carbons (Fsp3) is 0.0909. The molecule has 0 aliphatic carbocycles. The highest BCUT2D eigenvalue weighted by atomic mass is 19.1. The lowest BCUT2D eigenvalue weighted by molar-refractivity contribution is 0.437. The Balaban J connectivity index is 2.22. The van der Waals surface area contributed by atoms with Gasteiger partial charge in [-0.1, -0.05) is 6.07 Å². The fourth-order valence-corrected chi connectivity index (χ4v) is 1.08. The normalized spacial score (nSPS) is 10.0. The predicted octanol–water partition coefficient (Wildman–Crippen LogP) is 2.72. The molecule has 2 aromatic rings. The zero-order valence-corrected chi connectivity index (χ0v) is 8.14. The lowest BCUT2D eigenvalue weighted by Gasteiger charge is -2.03. The third-order valence-corrected chi connectivity index (χ3v) is 1.89. The largest absolute Gasteiger partial charge is 0.424 e. The van der Waals surface area contributed by atoms with Gasteiger partial charge in [-0.3, -0.25) is 0 Å². The Morgan fingerprint density at radius 3 is 2.60 bits per heavy atom. The van der Waals surface area contributed by atoms with Crippen LogP contribution in [0.2, 0.25) is 0 Å². The van der Waals surface area contributed by atoms with E-state index in [1.807, 2.05) is 0 Å². The summed E-state index contributed by atoms with van der Waals surface area (Å²) in [6.07, 6.45) is 3.12. The van der Waals surface area contributed by atoms with Crippen LogP contribution in [0.1, 0.15) is 5.56 Å². The minimum absolute atomic E-state index is 0.209. The first-order chi connectivity index (χ1) is 7.25. The van der Waals surface area contributed by atoms with E-state index in [0.29, 0.717) is 11.3 Å². The molecule has 0 unspecified atom stereocenters. The number of benzene rings is 1. The average molecular weight is 204 g/mol. The molecular weight excluding hydrogens is 195 g/mol.